The standard InChI is InChI=1S/C21H25NO/c1-14-6-8-19(9-7-14)10-11-21(23)22-18(5)20-13-16(3)15(2)12-17(20)4/h6-13,18H,1-5H3,(H,22,23)/b11-10+. The van der Waals surface area contributed by atoms with Crippen molar-refractivity contribution in [3.05, 3.63) is 75.9 Å². The molecule has 0 spiro atoms. The zero-order chi connectivity index (χ0) is 17.0. The van der Waals surface area contributed by atoms with Gasteiger partial charge in [-0.3, -0.25) is 4.79 Å². The van der Waals surface area contributed by atoms with Crippen LogP contribution in [0.15, 0.2) is 42.5 Å². The van der Waals surface area contributed by atoms with Crippen LogP contribution in [0.5, 0.6) is 0 Å². The molecule has 120 valence electrons. The van der Waals surface area contributed by atoms with Crippen LogP contribution in [0.3, 0.4) is 0 Å². The van der Waals surface area contributed by atoms with Crippen molar-refractivity contribution in [3.8, 4) is 0 Å². The van der Waals surface area contributed by atoms with E-state index in [2.05, 4.69) is 38.2 Å². The molecule has 2 heteroatoms. The van der Waals surface area contributed by atoms with Crippen LogP contribution >= 0.6 is 0 Å². The van der Waals surface area contributed by atoms with Gasteiger partial charge in [-0.15, -0.1) is 0 Å². The summed E-state index contributed by atoms with van der Waals surface area (Å²) in [5.41, 5.74) is 7.16. The molecule has 0 saturated heterocycles. The van der Waals surface area contributed by atoms with Crippen molar-refractivity contribution in [2.45, 2.75) is 40.7 Å². The average molecular weight is 307 g/mol. The highest BCUT2D eigenvalue weighted by Gasteiger charge is 2.11. The molecule has 0 saturated carbocycles. The topological polar surface area (TPSA) is 29.1 Å². The number of aryl methyl sites for hydroxylation is 4. The molecule has 1 N–H and O–H groups in total. The fourth-order valence-electron chi connectivity index (χ4n) is 2.64. The Morgan fingerprint density at radius 3 is 2.22 bits per heavy atom. The summed E-state index contributed by atoms with van der Waals surface area (Å²) in [6, 6.07) is 12.4. The number of hydrogen-bond donors (Lipinski definition) is 1. The summed E-state index contributed by atoms with van der Waals surface area (Å²) in [5.74, 6) is -0.0734. The van der Waals surface area contributed by atoms with Gasteiger partial charge in [-0.05, 0) is 68.5 Å². The zero-order valence-corrected chi connectivity index (χ0v) is 14.6. The van der Waals surface area contributed by atoms with E-state index in [0.29, 0.717) is 0 Å². The zero-order valence-electron chi connectivity index (χ0n) is 14.6. The number of rotatable bonds is 4. The number of benzene rings is 2. The van der Waals surface area contributed by atoms with Crippen LogP contribution in [0.1, 0.15) is 46.3 Å². The lowest BCUT2D eigenvalue weighted by atomic mass is 9.96. The van der Waals surface area contributed by atoms with Gasteiger partial charge in [0.05, 0.1) is 6.04 Å². The van der Waals surface area contributed by atoms with Crippen molar-refractivity contribution in [1.29, 1.82) is 0 Å². The van der Waals surface area contributed by atoms with Crippen LogP contribution in [-0.2, 0) is 4.79 Å². The summed E-state index contributed by atoms with van der Waals surface area (Å²) < 4.78 is 0. The summed E-state index contributed by atoms with van der Waals surface area (Å²) in [6.45, 7) is 10.4. The Kier molecular flexibility index (Phi) is 5.38. The first kappa shape index (κ1) is 17.0. The highest BCUT2D eigenvalue weighted by Crippen LogP contribution is 2.21. The van der Waals surface area contributed by atoms with E-state index in [0.717, 1.165) is 5.56 Å². The maximum atomic E-state index is 12.1. The second kappa shape index (κ2) is 7.28. The first-order valence-corrected chi connectivity index (χ1v) is 8.00. The highest BCUT2D eigenvalue weighted by molar-refractivity contribution is 5.92. The van der Waals surface area contributed by atoms with E-state index in [1.807, 2.05) is 44.2 Å². The normalized spacial score (nSPS) is 12.4. The van der Waals surface area contributed by atoms with Gasteiger partial charge in [0.1, 0.15) is 0 Å². The first-order chi connectivity index (χ1) is 10.9. The monoisotopic (exact) mass is 307 g/mol. The Morgan fingerprint density at radius 2 is 1.57 bits per heavy atom. The van der Waals surface area contributed by atoms with Gasteiger partial charge in [-0.2, -0.15) is 0 Å². The van der Waals surface area contributed by atoms with E-state index in [9.17, 15) is 4.79 Å². The van der Waals surface area contributed by atoms with Gasteiger partial charge in [0.15, 0.2) is 0 Å². The van der Waals surface area contributed by atoms with E-state index in [1.54, 1.807) is 6.08 Å². The fourth-order valence-corrected chi connectivity index (χ4v) is 2.64. The molecule has 1 amide bonds. The molecule has 0 aliphatic heterocycles. The molecule has 0 aliphatic carbocycles. The minimum atomic E-state index is -0.0734. The Morgan fingerprint density at radius 1 is 0.957 bits per heavy atom. The minimum Gasteiger partial charge on any atom is -0.346 e. The molecule has 1 unspecified atom stereocenters. The second-order valence-corrected chi connectivity index (χ2v) is 6.27. The van der Waals surface area contributed by atoms with Crippen LogP contribution in [-0.4, -0.2) is 5.91 Å². The van der Waals surface area contributed by atoms with E-state index >= 15 is 0 Å². The molecule has 2 aromatic carbocycles. The number of carbonyl (C=O) groups is 1. The van der Waals surface area contributed by atoms with Crippen LogP contribution in [0.4, 0.5) is 0 Å². The van der Waals surface area contributed by atoms with Gasteiger partial charge < -0.3 is 5.32 Å². The van der Waals surface area contributed by atoms with Crippen molar-refractivity contribution in [1.82, 2.24) is 5.32 Å². The maximum Gasteiger partial charge on any atom is 0.244 e. The van der Waals surface area contributed by atoms with Crippen LogP contribution in [0.25, 0.3) is 6.08 Å². The largest absolute Gasteiger partial charge is 0.346 e. The third kappa shape index (κ3) is 4.56. The minimum absolute atomic E-state index is 0.00975. The number of nitrogens with one attached hydrogen (secondary N) is 1. The maximum absolute atomic E-state index is 12.1. The molecule has 2 nitrogen and oxygen atoms in total. The molecular formula is C21H25NO. The van der Waals surface area contributed by atoms with Crippen LogP contribution < -0.4 is 5.32 Å². The third-order valence-electron chi connectivity index (χ3n) is 4.21. The van der Waals surface area contributed by atoms with E-state index in [-0.39, 0.29) is 11.9 Å². The summed E-state index contributed by atoms with van der Waals surface area (Å²) in [5, 5.41) is 3.04. The second-order valence-electron chi connectivity index (χ2n) is 6.27. The molecule has 0 bridgehead atoms. The van der Waals surface area contributed by atoms with Crippen molar-refractivity contribution in [2.75, 3.05) is 0 Å². The molecule has 0 radical (unpaired) electrons. The molecule has 0 fully saturated rings. The van der Waals surface area contributed by atoms with E-state index < -0.39 is 0 Å². The number of carbonyl (C=O) groups excluding carboxylic acids is 1. The smallest absolute Gasteiger partial charge is 0.244 e. The molecule has 2 rings (SSSR count). The predicted molar refractivity (Wildman–Crippen MR) is 97.4 cm³/mol. The summed E-state index contributed by atoms with van der Waals surface area (Å²) >= 11 is 0. The molecule has 0 aliphatic rings. The van der Waals surface area contributed by atoms with Gasteiger partial charge in [-0.1, -0.05) is 42.0 Å². The molecule has 1 atom stereocenters. The van der Waals surface area contributed by atoms with Gasteiger partial charge in [0.25, 0.3) is 0 Å². The van der Waals surface area contributed by atoms with Gasteiger partial charge in [0.2, 0.25) is 5.91 Å². The Labute approximate surface area is 139 Å². The lowest BCUT2D eigenvalue weighted by Crippen LogP contribution is -2.25. The Hall–Kier alpha value is -2.35. The van der Waals surface area contributed by atoms with Crippen molar-refractivity contribution in [3.63, 3.8) is 0 Å². The van der Waals surface area contributed by atoms with Crippen LogP contribution in [0, 0.1) is 27.7 Å². The van der Waals surface area contributed by atoms with Crippen LogP contribution in [0.2, 0.25) is 0 Å². The van der Waals surface area contributed by atoms with Gasteiger partial charge in [0, 0.05) is 6.08 Å². The predicted octanol–water partition coefficient (Wildman–Crippen LogP) is 4.81. The van der Waals surface area contributed by atoms with Crippen molar-refractivity contribution >= 4 is 12.0 Å². The average Bonchev–Trinajstić information content (AvgIpc) is 2.50. The van der Waals surface area contributed by atoms with Gasteiger partial charge in [-0.25, -0.2) is 0 Å². The Bertz CT molecular complexity index is 726. The summed E-state index contributed by atoms with van der Waals surface area (Å²) in [4.78, 5) is 12.1. The Balaban J connectivity index is 2.05. The lowest BCUT2D eigenvalue weighted by molar-refractivity contribution is -0.117. The van der Waals surface area contributed by atoms with Crippen molar-refractivity contribution in [2.24, 2.45) is 0 Å². The molecular weight excluding hydrogens is 282 g/mol. The molecule has 23 heavy (non-hydrogen) atoms. The quantitative estimate of drug-likeness (QED) is 0.807. The SMILES string of the molecule is Cc1ccc(/C=C/C(=O)NC(C)c2cc(C)c(C)cc2C)cc1. The first-order valence-electron chi connectivity index (χ1n) is 8.00. The lowest BCUT2D eigenvalue weighted by Gasteiger charge is -2.17. The van der Waals surface area contributed by atoms with Crippen molar-refractivity contribution < 1.29 is 4.79 Å². The summed E-state index contributed by atoms with van der Waals surface area (Å²) in [7, 11) is 0. The molecule has 0 heterocycles. The van der Waals surface area contributed by atoms with Gasteiger partial charge >= 0.3 is 0 Å². The molecule has 2 aromatic rings. The fraction of sp³-hybridized carbons (Fsp3) is 0.286. The summed E-state index contributed by atoms with van der Waals surface area (Å²) in [6.07, 6.45) is 3.44. The number of amides is 1. The molecule has 0 aromatic heterocycles. The third-order valence-corrected chi connectivity index (χ3v) is 4.21. The van der Waals surface area contributed by atoms with E-state index in [4.69, 9.17) is 0 Å². The number of hydrogen-bond acceptors (Lipinski definition) is 1. The highest BCUT2D eigenvalue weighted by atomic mass is 16.1. The van der Waals surface area contributed by atoms with E-state index in [1.165, 1.54) is 27.8 Å².